The third-order valence-electron chi connectivity index (χ3n) is 1.77. The highest BCUT2D eigenvalue weighted by molar-refractivity contribution is 14.1. The SMILES string of the molecule is Cc1ccccc1S(=O)(=O)NCCI. The highest BCUT2D eigenvalue weighted by Gasteiger charge is 2.14. The van der Waals surface area contributed by atoms with E-state index in [4.69, 9.17) is 0 Å². The van der Waals surface area contributed by atoms with Gasteiger partial charge in [0.15, 0.2) is 0 Å². The van der Waals surface area contributed by atoms with E-state index in [9.17, 15) is 8.42 Å². The summed E-state index contributed by atoms with van der Waals surface area (Å²) in [5.74, 6) is 0. The second-order valence-electron chi connectivity index (χ2n) is 2.85. The molecule has 0 radical (unpaired) electrons. The van der Waals surface area contributed by atoms with Crippen LogP contribution < -0.4 is 4.72 Å². The van der Waals surface area contributed by atoms with Gasteiger partial charge in [0.1, 0.15) is 0 Å². The number of benzene rings is 1. The van der Waals surface area contributed by atoms with E-state index < -0.39 is 10.0 Å². The first-order valence-electron chi connectivity index (χ1n) is 4.19. The molecule has 0 aliphatic heterocycles. The van der Waals surface area contributed by atoms with Gasteiger partial charge in [-0.1, -0.05) is 40.8 Å². The Morgan fingerprint density at radius 3 is 2.57 bits per heavy atom. The summed E-state index contributed by atoms with van der Waals surface area (Å²) in [4.78, 5) is 0.366. The van der Waals surface area contributed by atoms with Crippen LogP contribution in [0, 0.1) is 6.92 Å². The maximum absolute atomic E-state index is 11.7. The van der Waals surface area contributed by atoms with Gasteiger partial charge in [0.2, 0.25) is 10.0 Å². The number of rotatable bonds is 4. The summed E-state index contributed by atoms with van der Waals surface area (Å²) in [5.41, 5.74) is 0.772. The summed E-state index contributed by atoms with van der Waals surface area (Å²) in [7, 11) is -3.31. The van der Waals surface area contributed by atoms with Crippen LogP contribution in [0.2, 0.25) is 0 Å². The zero-order valence-electron chi connectivity index (χ0n) is 7.83. The number of sulfonamides is 1. The van der Waals surface area contributed by atoms with Gasteiger partial charge >= 0.3 is 0 Å². The van der Waals surface area contributed by atoms with Gasteiger partial charge in [-0.15, -0.1) is 0 Å². The van der Waals surface area contributed by atoms with Crippen molar-refractivity contribution in [3.8, 4) is 0 Å². The fraction of sp³-hybridized carbons (Fsp3) is 0.333. The molecule has 5 heteroatoms. The predicted molar refractivity (Wildman–Crippen MR) is 65.3 cm³/mol. The molecule has 0 heterocycles. The fourth-order valence-electron chi connectivity index (χ4n) is 1.11. The van der Waals surface area contributed by atoms with Gasteiger partial charge in [-0.25, -0.2) is 13.1 Å². The summed E-state index contributed by atoms with van der Waals surface area (Å²) < 4.78 is 26.7. The lowest BCUT2D eigenvalue weighted by Gasteiger charge is -2.07. The first-order valence-corrected chi connectivity index (χ1v) is 7.20. The molecule has 0 fully saturated rings. The van der Waals surface area contributed by atoms with Crippen LogP contribution in [0.25, 0.3) is 0 Å². The molecule has 0 bridgehead atoms. The maximum Gasteiger partial charge on any atom is 0.240 e. The number of hydrogen-bond acceptors (Lipinski definition) is 2. The van der Waals surface area contributed by atoms with Gasteiger partial charge in [0, 0.05) is 11.0 Å². The third kappa shape index (κ3) is 2.93. The molecule has 1 N–H and O–H groups in total. The molecule has 1 aromatic carbocycles. The molecule has 3 nitrogen and oxygen atoms in total. The average Bonchev–Trinajstić information content (AvgIpc) is 2.15. The normalized spacial score (nSPS) is 11.6. The van der Waals surface area contributed by atoms with Crippen molar-refractivity contribution < 1.29 is 8.42 Å². The molecule has 0 saturated heterocycles. The Balaban J connectivity index is 2.99. The minimum atomic E-state index is -3.31. The molecule has 0 aliphatic carbocycles. The van der Waals surface area contributed by atoms with Crippen molar-refractivity contribution in [3.05, 3.63) is 29.8 Å². The number of alkyl halides is 1. The van der Waals surface area contributed by atoms with Crippen LogP contribution in [-0.4, -0.2) is 19.4 Å². The molecule has 0 saturated carbocycles. The number of hydrogen-bond donors (Lipinski definition) is 1. The van der Waals surface area contributed by atoms with Crippen LogP contribution >= 0.6 is 22.6 Å². The van der Waals surface area contributed by atoms with Crippen LogP contribution in [-0.2, 0) is 10.0 Å². The molecular weight excluding hydrogens is 313 g/mol. The Labute approximate surface area is 98.1 Å². The zero-order valence-corrected chi connectivity index (χ0v) is 10.8. The molecular formula is C9H12INO2S. The number of nitrogens with one attached hydrogen (secondary N) is 1. The topological polar surface area (TPSA) is 46.2 Å². The van der Waals surface area contributed by atoms with Crippen molar-refractivity contribution in [3.63, 3.8) is 0 Å². The van der Waals surface area contributed by atoms with Gasteiger partial charge in [-0.2, -0.15) is 0 Å². The molecule has 1 rings (SSSR count). The van der Waals surface area contributed by atoms with Crippen LogP contribution in [0.5, 0.6) is 0 Å². The molecule has 0 unspecified atom stereocenters. The Morgan fingerprint density at radius 1 is 1.36 bits per heavy atom. The maximum atomic E-state index is 11.7. The van der Waals surface area contributed by atoms with Crippen molar-refractivity contribution in [1.29, 1.82) is 0 Å². The zero-order chi connectivity index (χ0) is 10.6. The lowest BCUT2D eigenvalue weighted by molar-refractivity contribution is 0.584. The molecule has 0 aromatic heterocycles. The van der Waals surface area contributed by atoms with Crippen LogP contribution in [0.15, 0.2) is 29.2 Å². The van der Waals surface area contributed by atoms with Gasteiger partial charge < -0.3 is 0 Å². The van der Waals surface area contributed by atoms with Gasteiger partial charge in [-0.05, 0) is 18.6 Å². The summed E-state index contributed by atoms with van der Waals surface area (Å²) >= 11 is 2.13. The number of aryl methyl sites for hydroxylation is 1. The smallest absolute Gasteiger partial charge is 0.210 e. The summed E-state index contributed by atoms with van der Waals surface area (Å²) in [6.07, 6.45) is 0. The van der Waals surface area contributed by atoms with E-state index in [-0.39, 0.29) is 0 Å². The minimum absolute atomic E-state index is 0.366. The molecule has 78 valence electrons. The Kier molecular flexibility index (Phi) is 4.33. The summed E-state index contributed by atoms with van der Waals surface area (Å²) in [6, 6.07) is 6.96. The molecule has 0 atom stereocenters. The standard InChI is InChI=1S/C9H12INO2S/c1-8-4-2-3-5-9(8)14(12,13)11-7-6-10/h2-5,11H,6-7H2,1H3. The van der Waals surface area contributed by atoms with Crippen molar-refractivity contribution >= 4 is 32.6 Å². The third-order valence-corrected chi connectivity index (χ3v) is 3.93. The summed E-state index contributed by atoms with van der Waals surface area (Å²) in [6.45, 7) is 2.26. The first kappa shape index (κ1) is 11.9. The number of halogens is 1. The monoisotopic (exact) mass is 325 g/mol. The van der Waals surface area contributed by atoms with E-state index in [1.807, 2.05) is 6.07 Å². The molecule has 1 aromatic rings. The Bertz CT molecular complexity index is 403. The molecule has 14 heavy (non-hydrogen) atoms. The summed E-state index contributed by atoms with van der Waals surface area (Å²) in [5, 5.41) is 0. The lowest BCUT2D eigenvalue weighted by atomic mass is 10.2. The van der Waals surface area contributed by atoms with E-state index in [0.717, 1.165) is 9.99 Å². The van der Waals surface area contributed by atoms with Crippen molar-refractivity contribution in [1.82, 2.24) is 4.72 Å². The Morgan fingerprint density at radius 2 is 2.00 bits per heavy atom. The van der Waals surface area contributed by atoms with E-state index in [1.54, 1.807) is 25.1 Å². The van der Waals surface area contributed by atoms with E-state index in [0.29, 0.717) is 11.4 Å². The minimum Gasteiger partial charge on any atom is -0.210 e. The largest absolute Gasteiger partial charge is 0.240 e. The van der Waals surface area contributed by atoms with Gasteiger partial charge in [0.25, 0.3) is 0 Å². The lowest BCUT2D eigenvalue weighted by Crippen LogP contribution is -2.26. The van der Waals surface area contributed by atoms with Gasteiger partial charge in [-0.3, -0.25) is 0 Å². The first-order chi connectivity index (χ1) is 6.58. The highest BCUT2D eigenvalue weighted by atomic mass is 127. The molecule has 0 aliphatic rings. The van der Waals surface area contributed by atoms with Crippen molar-refractivity contribution in [2.45, 2.75) is 11.8 Å². The quantitative estimate of drug-likeness (QED) is 0.677. The molecule has 0 spiro atoms. The van der Waals surface area contributed by atoms with Crippen LogP contribution in [0.3, 0.4) is 0 Å². The second-order valence-corrected chi connectivity index (χ2v) is 5.67. The Hall–Kier alpha value is -0.140. The predicted octanol–water partition coefficient (Wildman–Crippen LogP) is 1.71. The van der Waals surface area contributed by atoms with Crippen molar-refractivity contribution in [2.24, 2.45) is 0 Å². The van der Waals surface area contributed by atoms with Crippen LogP contribution in [0.1, 0.15) is 5.56 Å². The second kappa shape index (κ2) is 5.09. The van der Waals surface area contributed by atoms with Gasteiger partial charge in [0.05, 0.1) is 4.90 Å². The fourth-order valence-corrected chi connectivity index (χ4v) is 3.02. The van der Waals surface area contributed by atoms with E-state index in [2.05, 4.69) is 27.3 Å². The van der Waals surface area contributed by atoms with E-state index >= 15 is 0 Å². The van der Waals surface area contributed by atoms with Crippen molar-refractivity contribution in [2.75, 3.05) is 11.0 Å². The highest BCUT2D eigenvalue weighted by Crippen LogP contribution is 2.13. The van der Waals surface area contributed by atoms with Crippen LogP contribution in [0.4, 0.5) is 0 Å². The molecule has 0 amide bonds. The average molecular weight is 325 g/mol. The van der Waals surface area contributed by atoms with E-state index in [1.165, 1.54) is 0 Å².